The Morgan fingerprint density at radius 1 is 1.27 bits per heavy atom. The molecule has 0 aliphatic carbocycles. The van der Waals surface area contributed by atoms with Gasteiger partial charge in [-0.25, -0.2) is 0 Å². The molecule has 160 valence electrons. The van der Waals surface area contributed by atoms with E-state index in [0.29, 0.717) is 25.4 Å². The van der Waals surface area contributed by atoms with E-state index in [-0.39, 0.29) is 17.7 Å². The number of rotatable bonds is 6. The average molecular weight is 410 g/mol. The monoisotopic (exact) mass is 409 g/mol. The Hall–Kier alpha value is -2.47. The van der Waals surface area contributed by atoms with Gasteiger partial charge in [-0.1, -0.05) is 0 Å². The molecular formula is C24H31N3O3. The number of aryl methyl sites for hydroxylation is 1. The van der Waals surface area contributed by atoms with Crippen LogP contribution < -0.4 is 4.74 Å². The number of carbonyl (C=O) groups excluding carboxylic acids is 2. The van der Waals surface area contributed by atoms with Gasteiger partial charge in [0.2, 0.25) is 5.91 Å². The third-order valence-corrected chi connectivity index (χ3v) is 6.79. The largest absolute Gasteiger partial charge is 0.496 e. The van der Waals surface area contributed by atoms with Crippen molar-refractivity contribution < 1.29 is 14.3 Å². The predicted molar refractivity (Wildman–Crippen MR) is 117 cm³/mol. The van der Waals surface area contributed by atoms with E-state index in [1.807, 2.05) is 19.2 Å². The van der Waals surface area contributed by atoms with E-state index in [0.717, 1.165) is 54.7 Å². The van der Waals surface area contributed by atoms with E-state index in [9.17, 15) is 9.59 Å². The van der Waals surface area contributed by atoms with Gasteiger partial charge in [-0.3, -0.25) is 19.5 Å². The van der Waals surface area contributed by atoms with Crippen molar-refractivity contribution in [3.63, 3.8) is 0 Å². The van der Waals surface area contributed by atoms with Crippen LogP contribution in [0.4, 0.5) is 0 Å². The van der Waals surface area contributed by atoms with Gasteiger partial charge in [-0.2, -0.15) is 0 Å². The van der Waals surface area contributed by atoms with Crippen molar-refractivity contribution in [3.8, 4) is 5.75 Å². The lowest BCUT2D eigenvalue weighted by molar-refractivity contribution is -0.136. The summed E-state index contributed by atoms with van der Waals surface area (Å²) in [5, 5.41) is 2.33. The second-order valence-corrected chi connectivity index (χ2v) is 8.61. The van der Waals surface area contributed by atoms with Gasteiger partial charge in [0.15, 0.2) is 5.78 Å². The molecule has 30 heavy (non-hydrogen) atoms. The number of aromatic nitrogens is 1. The molecule has 3 heterocycles. The van der Waals surface area contributed by atoms with Gasteiger partial charge < -0.3 is 9.64 Å². The average Bonchev–Trinajstić information content (AvgIpc) is 3.19. The van der Waals surface area contributed by atoms with Crippen molar-refractivity contribution in [1.82, 2.24) is 14.8 Å². The standard InChI is InChI=1S/C24H31N3O3/c1-16-20-13-21(25-14-19(20)6-7-23(16)30-3)18-8-11-26(12-9-18)15-22(28)17(2)27-10-4-5-24(27)29/h6-7,13-14,17-18H,4-5,8-12,15H2,1-3H3/t17-/m0/s1. The van der Waals surface area contributed by atoms with Gasteiger partial charge in [0, 0.05) is 36.2 Å². The Balaban J connectivity index is 1.38. The minimum Gasteiger partial charge on any atom is -0.496 e. The molecule has 1 aromatic carbocycles. The lowest BCUT2D eigenvalue weighted by Gasteiger charge is -2.33. The summed E-state index contributed by atoms with van der Waals surface area (Å²) in [4.78, 5) is 33.3. The van der Waals surface area contributed by atoms with Crippen LogP contribution in [-0.2, 0) is 9.59 Å². The van der Waals surface area contributed by atoms with E-state index >= 15 is 0 Å². The van der Waals surface area contributed by atoms with Gasteiger partial charge in [-0.15, -0.1) is 0 Å². The Kier molecular flexibility index (Phi) is 6.04. The number of pyridine rings is 1. The fraction of sp³-hybridized carbons (Fsp3) is 0.542. The van der Waals surface area contributed by atoms with Crippen molar-refractivity contribution in [3.05, 3.63) is 35.7 Å². The number of amides is 1. The van der Waals surface area contributed by atoms with E-state index in [1.165, 1.54) is 5.39 Å². The van der Waals surface area contributed by atoms with Crippen molar-refractivity contribution in [2.45, 2.75) is 51.5 Å². The molecule has 2 aliphatic heterocycles. The number of hydrogen-bond donors (Lipinski definition) is 0. The van der Waals surface area contributed by atoms with Crippen molar-refractivity contribution in [2.75, 3.05) is 33.3 Å². The normalized spacial score (nSPS) is 19.4. The molecular weight excluding hydrogens is 378 g/mol. The maximum Gasteiger partial charge on any atom is 0.223 e. The number of ketones is 1. The van der Waals surface area contributed by atoms with Crippen molar-refractivity contribution in [1.29, 1.82) is 0 Å². The van der Waals surface area contributed by atoms with E-state index in [2.05, 4.69) is 24.0 Å². The Labute approximate surface area is 178 Å². The number of piperidine rings is 1. The summed E-state index contributed by atoms with van der Waals surface area (Å²) in [7, 11) is 1.70. The first-order valence-corrected chi connectivity index (χ1v) is 11.0. The molecule has 0 bridgehead atoms. The Bertz CT molecular complexity index is 950. The number of nitrogens with zero attached hydrogens (tertiary/aromatic N) is 3. The molecule has 0 spiro atoms. The van der Waals surface area contributed by atoms with Crippen LogP contribution in [0.5, 0.6) is 5.75 Å². The summed E-state index contributed by atoms with van der Waals surface area (Å²) < 4.78 is 5.47. The fourth-order valence-corrected chi connectivity index (χ4v) is 4.80. The molecule has 0 unspecified atom stereocenters. The minimum absolute atomic E-state index is 0.115. The van der Waals surface area contributed by atoms with Crippen LogP contribution in [0.1, 0.15) is 49.8 Å². The second kappa shape index (κ2) is 8.72. The molecule has 0 radical (unpaired) electrons. The molecule has 6 heteroatoms. The van der Waals surface area contributed by atoms with Crippen LogP contribution in [0, 0.1) is 6.92 Å². The summed E-state index contributed by atoms with van der Waals surface area (Å²) >= 11 is 0. The third-order valence-electron chi connectivity index (χ3n) is 6.79. The summed E-state index contributed by atoms with van der Waals surface area (Å²) in [6.07, 6.45) is 5.39. The maximum atomic E-state index is 12.7. The number of benzene rings is 1. The molecule has 2 fully saturated rings. The first-order chi connectivity index (χ1) is 14.5. The molecule has 1 aromatic heterocycles. The highest BCUT2D eigenvalue weighted by molar-refractivity contribution is 5.90. The second-order valence-electron chi connectivity index (χ2n) is 8.61. The zero-order valence-corrected chi connectivity index (χ0v) is 18.2. The number of hydrogen-bond acceptors (Lipinski definition) is 5. The maximum absolute atomic E-state index is 12.7. The van der Waals surface area contributed by atoms with Crippen LogP contribution in [0.25, 0.3) is 10.8 Å². The van der Waals surface area contributed by atoms with E-state index in [4.69, 9.17) is 9.72 Å². The number of ether oxygens (including phenoxy) is 1. The molecule has 2 saturated heterocycles. The van der Waals surface area contributed by atoms with E-state index < -0.39 is 0 Å². The molecule has 4 rings (SSSR count). The quantitative estimate of drug-likeness (QED) is 0.732. The lowest BCUT2D eigenvalue weighted by Crippen LogP contribution is -2.46. The van der Waals surface area contributed by atoms with Gasteiger partial charge >= 0.3 is 0 Å². The zero-order valence-electron chi connectivity index (χ0n) is 18.2. The van der Waals surface area contributed by atoms with E-state index in [1.54, 1.807) is 12.0 Å². The molecule has 0 saturated carbocycles. The highest BCUT2D eigenvalue weighted by atomic mass is 16.5. The molecule has 0 N–H and O–H groups in total. The molecule has 2 aliphatic rings. The number of carbonyl (C=O) groups is 2. The van der Waals surface area contributed by atoms with Gasteiger partial charge in [0.05, 0.1) is 19.7 Å². The van der Waals surface area contributed by atoms with Crippen LogP contribution in [0.3, 0.4) is 0 Å². The molecule has 1 amide bonds. The first kappa shape index (κ1) is 20.8. The summed E-state index contributed by atoms with van der Waals surface area (Å²) in [6.45, 7) is 6.87. The van der Waals surface area contributed by atoms with Crippen LogP contribution >= 0.6 is 0 Å². The first-order valence-electron chi connectivity index (χ1n) is 11.0. The van der Waals surface area contributed by atoms with Gasteiger partial charge in [0.25, 0.3) is 0 Å². The van der Waals surface area contributed by atoms with Crippen molar-refractivity contribution in [2.24, 2.45) is 0 Å². The van der Waals surface area contributed by atoms with Gasteiger partial charge in [0.1, 0.15) is 5.75 Å². The third kappa shape index (κ3) is 4.06. The number of Topliss-reactive ketones (excluding diaryl/α,β-unsaturated/α-hetero) is 1. The van der Waals surface area contributed by atoms with Crippen molar-refractivity contribution >= 4 is 22.5 Å². The summed E-state index contributed by atoms with van der Waals surface area (Å²) in [5.74, 6) is 1.57. The smallest absolute Gasteiger partial charge is 0.223 e. The van der Waals surface area contributed by atoms with Crippen LogP contribution in [0.15, 0.2) is 24.4 Å². The predicted octanol–water partition coefficient (Wildman–Crippen LogP) is 3.31. The lowest BCUT2D eigenvalue weighted by atomic mass is 9.91. The van der Waals surface area contributed by atoms with Crippen LogP contribution in [-0.4, -0.2) is 65.8 Å². The zero-order chi connectivity index (χ0) is 21.3. The highest BCUT2D eigenvalue weighted by Gasteiger charge is 2.31. The van der Waals surface area contributed by atoms with Crippen LogP contribution in [0.2, 0.25) is 0 Å². The Morgan fingerprint density at radius 3 is 2.70 bits per heavy atom. The number of methoxy groups -OCH3 is 1. The molecule has 2 aromatic rings. The summed E-state index contributed by atoms with van der Waals surface area (Å²) in [5.41, 5.74) is 2.27. The number of likely N-dealkylation sites (tertiary alicyclic amines) is 2. The molecule has 1 atom stereocenters. The highest BCUT2D eigenvalue weighted by Crippen LogP contribution is 2.32. The number of fused-ring (bicyclic) bond motifs is 1. The molecule has 6 nitrogen and oxygen atoms in total. The summed E-state index contributed by atoms with van der Waals surface area (Å²) in [6, 6.07) is 5.95. The van der Waals surface area contributed by atoms with Gasteiger partial charge in [-0.05, 0) is 75.3 Å². The topological polar surface area (TPSA) is 62.7 Å². The fourth-order valence-electron chi connectivity index (χ4n) is 4.80. The minimum atomic E-state index is -0.308. The Morgan fingerprint density at radius 2 is 2.03 bits per heavy atom. The SMILES string of the molecule is COc1ccc2cnc(C3CCN(CC(=O)[C@H](C)N4CCCC4=O)CC3)cc2c1C.